The third kappa shape index (κ3) is 4.62. The Balaban J connectivity index is 1.33. The predicted octanol–water partition coefficient (Wildman–Crippen LogP) is 4.16. The van der Waals surface area contributed by atoms with Crippen molar-refractivity contribution in [3.05, 3.63) is 64.8 Å². The first-order chi connectivity index (χ1) is 22.4. The van der Waals surface area contributed by atoms with Crippen molar-refractivity contribution in [1.29, 1.82) is 0 Å². The van der Waals surface area contributed by atoms with E-state index in [2.05, 4.69) is 13.8 Å². The third-order valence-corrected chi connectivity index (χ3v) is 12.6. The summed E-state index contributed by atoms with van der Waals surface area (Å²) in [6, 6.07) is 9.49. The van der Waals surface area contributed by atoms with E-state index in [4.69, 9.17) is 28.4 Å². The lowest BCUT2D eigenvalue weighted by Crippen LogP contribution is -2.70. The lowest BCUT2D eigenvalue weighted by atomic mass is 9.40. The molecular formula is C37H44O10. The molecule has 1 aromatic rings. The van der Waals surface area contributed by atoms with Gasteiger partial charge in [-0.2, -0.15) is 0 Å². The maximum Gasteiger partial charge on any atom is 0.337 e. The number of hydrogen-bond donors (Lipinski definition) is 1. The van der Waals surface area contributed by atoms with Crippen LogP contribution in [0.5, 0.6) is 0 Å². The van der Waals surface area contributed by atoms with Crippen molar-refractivity contribution < 1.29 is 47.9 Å². The van der Waals surface area contributed by atoms with Crippen molar-refractivity contribution in [1.82, 2.24) is 0 Å². The monoisotopic (exact) mass is 648 g/mol. The van der Waals surface area contributed by atoms with Gasteiger partial charge in [0.2, 0.25) is 6.29 Å². The largest absolute Gasteiger partial charge is 0.469 e. The van der Waals surface area contributed by atoms with Gasteiger partial charge in [0.15, 0.2) is 0 Å². The topological polar surface area (TPSA) is 127 Å². The minimum Gasteiger partial charge on any atom is -0.469 e. The Hall–Kier alpha value is -3.31. The number of fused-ring (bicyclic) bond motifs is 4. The second kappa shape index (κ2) is 11.4. The SMILES string of the molecule is COC(=O)C[C@H]1[C@]2(C)C3=C(C)[C@H](C4=C[C@@H](OC)OC4=O)C[C@H]3O[C@@H]2[C@@H]2OC[C@]3(C)[C@H](O)C[C@H](OC(=O)C=Cc4ccccc4)[C@@]1(C)[C@@H]23. The van der Waals surface area contributed by atoms with E-state index < -0.39 is 64.8 Å². The van der Waals surface area contributed by atoms with Gasteiger partial charge < -0.3 is 33.5 Å². The van der Waals surface area contributed by atoms with Crippen molar-refractivity contribution in [2.75, 3.05) is 20.8 Å². The van der Waals surface area contributed by atoms with Crippen LogP contribution in [0.3, 0.4) is 0 Å². The molecule has 10 heteroatoms. The average Bonchev–Trinajstić information content (AvgIpc) is 3.78. The molecule has 10 nitrogen and oxygen atoms in total. The van der Waals surface area contributed by atoms with Crippen molar-refractivity contribution >= 4 is 24.0 Å². The lowest BCUT2D eigenvalue weighted by Gasteiger charge is -2.65. The molecule has 0 bridgehead atoms. The third-order valence-electron chi connectivity index (χ3n) is 12.6. The summed E-state index contributed by atoms with van der Waals surface area (Å²) in [6.45, 7) is 8.60. The molecule has 12 atom stereocenters. The summed E-state index contributed by atoms with van der Waals surface area (Å²) in [5.41, 5.74) is 1.25. The molecular weight excluding hydrogens is 604 g/mol. The summed E-state index contributed by atoms with van der Waals surface area (Å²) in [6.07, 6.45) is 2.23. The number of esters is 3. The second-order valence-electron chi connectivity index (χ2n) is 14.7. The van der Waals surface area contributed by atoms with Gasteiger partial charge in [-0.3, -0.25) is 4.79 Å². The average molecular weight is 649 g/mol. The van der Waals surface area contributed by atoms with E-state index in [1.807, 2.05) is 44.2 Å². The zero-order chi connectivity index (χ0) is 33.5. The number of rotatable bonds is 7. The van der Waals surface area contributed by atoms with Crippen LogP contribution in [0.25, 0.3) is 6.08 Å². The van der Waals surface area contributed by atoms with Gasteiger partial charge in [0, 0.05) is 59.7 Å². The van der Waals surface area contributed by atoms with E-state index in [0.717, 1.165) is 16.7 Å². The van der Waals surface area contributed by atoms with E-state index in [1.54, 1.807) is 12.2 Å². The van der Waals surface area contributed by atoms with E-state index >= 15 is 0 Å². The molecule has 3 aliphatic heterocycles. The molecule has 0 unspecified atom stereocenters. The van der Waals surface area contributed by atoms with Crippen LogP contribution >= 0.6 is 0 Å². The molecule has 7 rings (SSSR count). The first-order valence-corrected chi connectivity index (χ1v) is 16.5. The molecule has 6 aliphatic rings. The standard InChI is InChI=1S/C37H44O10/c1-19-21(22-15-29(43-6)47-34(22)41)14-23-30(19)37(4)24(16-28(40)42-5)36(3)26(46-27(39)13-12-20-10-8-7-9-11-20)17-25(38)35(2)18-44-31(32(35)36)33(37)45-23/h7-13,15,21,23-26,29,31-33,38H,14,16-18H2,1-6H3/t21-,23-,24-,25-,26+,29+,31-,32+,33-,35-,36+,37-/m1/s1. The molecule has 252 valence electrons. The number of aliphatic hydroxyl groups excluding tert-OH is 1. The lowest BCUT2D eigenvalue weighted by molar-refractivity contribution is -0.248. The summed E-state index contributed by atoms with van der Waals surface area (Å²) in [7, 11) is 2.87. The van der Waals surface area contributed by atoms with Crippen LogP contribution in [-0.2, 0) is 42.8 Å². The maximum absolute atomic E-state index is 13.5. The number of cyclic esters (lactones) is 1. The number of carbonyl (C=O) groups is 3. The Morgan fingerprint density at radius 1 is 1.11 bits per heavy atom. The minimum absolute atomic E-state index is 0.0529. The first kappa shape index (κ1) is 32.2. The van der Waals surface area contributed by atoms with Gasteiger partial charge in [-0.1, -0.05) is 56.7 Å². The fourth-order valence-corrected chi connectivity index (χ4v) is 10.5. The number of aliphatic hydroxyl groups is 1. The molecule has 0 amide bonds. The molecule has 0 aromatic heterocycles. The van der Waals surface area contributed by atoms with E-state index in [0.29, 0.717) is 18.6 Å². The molecule has 0 spiro atoms. The summed E-state index contributed by atoms with van der Waals surface area (Å²) in [4.78, 5) is 39.7. The van der Waals surface area contributed by atoms with Gasteiger partial charge in [0.1, 0.15) is 6.10 Å². The minimum atomic E-state index is -0.818. The molecule has 0 radical (unpaired) electrons. The molecule has 2 saturated carbocycles. The molecule has 2 saturated heterocycles. The number of allylic oxidation sites excluding steroid dienone is 1. The molecule has 1 N–H and O–H groups in total. The predicted molar refractivity (Wildman–Crippen MR) is 168 cm³/mol. The Bertz CT molecular complexity index is 1560. The molecule has 47 heavy (non-hydrogen) atoms. The highest BCUT2D eigenvalue weighted by Gasteiger charge is 2.78. The van der Waals surface area contributed by atoms with E-state index in [1.165, 1.54) is 20.3 Å². The Morgan fingerprint density at radius 3 is 2.53 bits per heavy atom. The zero-order valence-electron chi connectivity index (χ0n) is 27.8. The highest BCUT2D eigenvalue weighted by molar-refractivity contribution is 5.92. The maximum atomic E-state index is 13.5. The van der Waals surface area contributed by atoms with E-state index in [-0.39, 0.29) is 36.8 Å². The summed E-state index contributed by atoms with van der Waals surface area (Å²) in [5.74, 6) is -2.24. The Kier molecular flexibility index (Phi) is 7.82. The van der Waals surface area contributed by atoms with Gasteiger partial charge >= 0.3 is 17.9 Å². The van der Waals surface area contributed by atoms with Gasteiger partial charge in [-0.15, -0.1) is 0 Å². The fraction of sp³-hybridized carbons (Fsp3) is 0.595. The van der Waals surface area contributed by atoms with Crippen molar-refractivity contribution in [2.45, 2.75) is 83.8 Å². The summed E-state index contributed by atoms with van der Waals surface area (Å²) in [5, 5.41) is 11.7. The van der Waals surface area contributed by atoms with Gasteiger partial charge in [0.25, 0.3) is 0 Å². The van der Waals surface area contributed by atoms with Gasteiger partial charge in [-0.25, -0.2) is 9.59 Å². The smallest absolute Gasteiger partial charge is 0.337 e. The molecule has 1 aromatic carbocycles. The van der Waals surface area contributed by atoms with Crippen LogP contribution in [0.1, 0.15) is 52.5 Å². The van der Waals surface area contributed by atoms with E-state index in [9.17, 15) is 19.5 Å². The highest BCUT2D eigenvalue weighted by Crippen LogP contribution is 2.73. The van der Waals surface area contributed by atoms with Crippen molar-refractivity contribution in [2.24, 2.45) is 34.0 Å². The normalized spacial score (nSPS) is 43.3. The Labute approximate surface area is 275 Å². The van der Waals surface area contributed by atoms with Crippen LogP contribution in [0, 0.1) is 34.0 Å². The number of ether oxygens (including phenoxy) is 6. The number of benzene rings is 1. The van der Waals surface area contributed by atoms with Crippen molar-refractivity contribution in [3.8, 4) is 0 Å². The first-order valence-electron chi connectivity index (χ1n) is 16.5. The number of carbonyl (C=O) groups excluding carboxylic acids is 3. The van der Waals surface area contributed by atoms with Gasteiger partial charge in [-0.05, 0) is 42.6 Å². The number of hydrogen-bond acceptors (Lipinski definition) is 10. The van der Waals surface area contributed by atoms with Crippen LogP contribution in [0.4, 0.5) is 0 Å². The number of methoxy groups -OCH3 is 2. The summed E-state index contributed by atoms with van der Waals surface area (Å²) >= 11 is 0. The van der Waals surface area contributed by atoms with Crippen LogP contribution in [0.2, 0.25) is 0 Å². The Morgan fingerprint density at radius 2 is 1.85 bits per heavy atom. The van der Waals surface area contributed by atoms with Crippen LogP contribution in [0.15, 0.2) is 59.2 Å². The highest BCUT2D eigenvalue weighted by atomic mass is 16.7. The van der Waals surface area contributed by atoms with Gasteiger partial charge in [0.05, 0.1) is 38.1 Å². The molecule has 3 aliphatic carbocycles. The molecule has 4 fully saturated rings. The zero-order valence-corrected chi connectivity index (χ0v) is 27.8. The quantitative estimate of drug-likeness (QED) is 0.199. The molecule has 3 heterocycles. The summed E-state index contributed by atoms with van der Waals surface area (Å²) < 4.78 is 35.9. The second-order valence-corrected chi connectivity index (χ2v) is 14.7. The van der Waals surface area contributed by atoms with Crippen LogP contribution < -0.4 is 0 Å². The van der Waals surface area contributed by atoms with Crippen LogP contribution in [-0.4, -0.2) is 80.7 Å². The fourth-order valence-electron chi connectivity index (χ4n) is 10.5. The van der Waals surface area contributed by atoms with Crippen molar-refractivity contribution in [3.63, 3.8) is 0 Å².